The molecule has 1 aliphatic heterocycles. The molecule has 7 nitrogen and oxygen atoms in total. The summed E-state index contributed by atoms with van der Waals surface area (Å²) >= 11 is 0. The van der Waals surface area contributed by atoms with Crippen LogP contribution in [0.1, 0.15) is 35.9 Å². The van der Waals surface area contributed by atoms with Crippen LogP contribution in [0, 0.1) is 5.92 Å². The average molecular weight is 391 g/mol. The molecule has 1 fully saturated rings. The molecule has 1 aliphatic rings. The van der Waals surface area contributed by atoms with E-state index in [1.807, 2.05) is 33.7 Å². The molecule has 0 atom stereocenters. The molecular weight excluding hydrogens is 366 g/mol. The van der Waals surface area contributed by atoms with Crippen LogP contribution in [0.15, 0.2) is 48.8 Å². The van der Waals surface area contributed by atoms with Crippen molar-refractivity contribution < 1.29 is 9.59 Å². The highest BCUT2D eigenvalue weighted by Gasteiger charge is 2.22. The summed E-state index contributed by atoms with van der Waals surface area (Å²) in [5.41, 5.74) is 2.27. The molecule has 0 radical (unpaired) electrons. The number of nitrogens with zero attached hydrogens (tertiary/aromatic N) is 4. The summed E-state index contributed by atoms with van der Waals surface area (Å²) in [5.74, 6) is 1.25. The zero-order valence-corrected chi connectivity index (χ0v) is 16.5. The van der Waals surface area contributed by atoms with E-state index < -0.39 is 0 Å². The number of likely N-dealkylation sites (tertiary alicyclic amines) is 1. The highest BCUT2D eigenvalue weighted by molar-refractivity contribution is 5.94. The molecule has 7 heteroatoms. The number of carbonyl (C=O) groups excluding carboxylic acids is 2. The molecule has 0 spiro atoms. The normalized spacial score (nSPS) is 14.9. The van der Waals surface area contributed by atoms with E-state index >= 15 is 0 Å². The van der Waals surface area contributed by atoms with E-state index in [1.165, 1.54) is 0 Å². The minimum atomic E-state index is -0.192. The first-order valence-electron chi connectivity index (χ1n) is 10.0. The summed E-state index contributed by atoms with van der Waals surface area (Å²) < 4.78 is 1.92. The Bertz CT molecular complexity index is 1010. The number of rotatable bonds is 5. The van der Waals surface area contributed by atoms with Crippen LogP contribution in [0.2, 0.25) is 0 Å². The number of amides is 2. The molecule has 3 aromatic rings. The van der Waals surface area contributed by atoms with Crippen LogP contribution in [0.3, 0.4) is 0 Å². The smallest absolute Gasteiger partial charge is 0.251 e. The van der Waals surface area contributed by atoms with Gasteiger partial charge in [0.05, 0.1) is 17.6 Å². The topological polar surface area (TPSA) is 80.1 Å². The molecule has 3 heterocycles. The summed E-state index contributed by atoms with van der Waals surface area (Å²) in [6.45, 7) is 4.33. The number of aromatic nitrogens is 3. The number of pyridine rings is 1. The van der Waals surface area contributed by atoms with Gasteiger partial charge in [0.15, 0.2) is 0 Å². The van der Waals surface area contributed by atoms with Gasteiger partial charge in [-0.05, 0) is 43.0 Å². The van der Waals surface area contributed by atoms with Crippen molar-refractivity contribution in [3.05, 3.63) is 60.2 Å². The standard InChI is InChI=1S/C22H25N5O2/c1-16-8-12-26(13-9-16)21(28)15-27-19-5-3-2-4-18(19)25-20(27)14-24-22(29)17-6-10-23-11-7-17/h2-7,10-11,16H,8-9,12-15H2,1H3,(H,24,29). The lowest BCUT2D eigenvalue weighted by Gasteiger charge is -2.30. The zero-order chi connectivity index (χ0) is 20.2. The third-order valence-electron chi connectivity index (χ3n) is 5.51. The first-order chi connectivity index (χ1) is 14.1. The van der Waals surface area contributed by atoms with Gasteiger partial charge in [0.1, 0.15) is 12.4 Å². The van der Waals surface area contributed by atoms with Gasteiger partial charge in [-0.15, -0.1) is 0 Å². The second kappa shape index (κ2) is 8.43. The second-order valence-corrected chi connectivity index (χ2v) is 7.58. The van der Waals surface area contributed by atoms with Crippen LogP contribution in [-0.2, 0) is 17.9 Å². The Morgan fingerprint density at radius 2 is 1.83 bits per heavy atom. The number of carbonyl (C=O) groups is 2. The third kappa shape index (κ3) is 4.29. The number of hydrogen-bond acceptors (Lipinski definition) is 4. The summed E-state index contributed by atoms with van der Waals surface area (Å²) in [6, 6.07) is 11.1. The van der Waals surface area contributed by atoms with Crippen molar-refractivity contribution in [2.45, 2.75) is 32.9 Å². The fraction of sp³-hybridized carbons (Fsp3) is 0.364. The highest BCUT2D eigenvalue weighted by atomic mass is 16.2. The van der Waals surface area contributed by atoms with Gasteiger partial charge in [0.25, 0.3) is 5.91 Å². The summed E-state index contributed by atoms with van der Waals surface area (Å²) in [6.07, 6.45) is 5.27. The van der Waals surface area contributed by atoms with Crippen LogP contribution >= 0.6 is 0 Å². The SMILES string of the molecule is CC1CCN(C(=O)Cn2c(CNC(=O)c3ccncc3)nc3ccccc32)CC1. The van der Waals surface area contributed by atoms with Crippen LogP contribution in [0.4, 0.5) is 0 Å². The molecule has 1 aromatic carbocycles. The fourth-order valence-electron chi connectivity index (χ4n) is 3.69. The van der Waals surface area contributed by atoms with Gasteiger partial charge in [-0.2, -0.15) is 0 Å². The minimum absolute atomic E-state index is 0.0989. The molecular formula is C22H25N5O2. The van der Waals surface area contributed by atoms with Crippen LogP contribution in [-0.4, -0.2) is 44.3 Å². The van der Waals surface area contributed by atoms with E-state index in [-0.39, 0.29) is 24.9 Å². The minimum Gasteiger partial charge on any atom is -0.345 e. The molecule has 1 N–H and O–H groups in total. The molecule has 1 saturated heterocycles. The maximum atomic E-state index is 12.9. The van der Waals surface area contributed by atoms with E-state index in [4.69, 9.17) is 0 Å². The Morgan fingerprint density at radius 1 is 1.10 bits per heavy atom. The number of fused-ring (bicyclic) bond motifs is 1. The number of piperidine rings is 1. The van der Waals surface area contributed by atoms with Gasteiger partial charge in [-0.3, -0.25) is 14.6 Å². The van der Waals surface area contributed by atoms with E-state index in [0.29, 0.717) is 17.3 Å². The molecule has 0 aliphatic carbocycles. The lowest BCUT2D eigenvalue weighted by atomic mass is 9.99. The van der Waals surface area contributed by atoms with Crippen LogP contribution in [0.5, 0.6) is 0 Å². The van der Waals surface area contributed by atoms with E-state index in [0.717, 1.165) is 37.0 Å². The van der Waals surface area contributed by atoms with E-state index in [1.54, 1.807) is 24.5 Å². The Kier molecular flexibility index (Phi) is 5.55. The van der Waals surface area contributed by atoms with Crippen molar-refractivity contribution in [2.75, 3.05) is 13.1 Å². The monoisotopic (exact) mass is 391 g/mol. The lowest BCUT2D eigenvalue weighted by molar-refractivity contribution is -0.133. The van der Waals surface area contributed by atoms with Gasteiger partial charge >= 0.3 is 0 Å². The van der Waals surface area contributed by atoms with Gasteiger partial charge < -0.3 is 14.8 Å². The Morgan fingerprint density at radius 3 is 2.59 bits per heavy atom. The number of benzene rings is 1. The van der Waals surface area contributed by atoms with Gasteiger partial charge in [0.2, 0.25) is 5.91 Å². The summed E-state index contributed by atoms with van der Waals surface area (Å²) in [7, 11) is 0. The Balaban J connectivity index is 1.53. The molecule has 2 aromatic heterocycles. The number of imidazole rings is 1. The maximum Gasteiger partial charge on any atom is 0.251 e. The van der Waals surface area contributed by atoms with Gasteiger partial charge in [-0.25, -0.2) is 4.98 Å². The first kappa shape index (κ1) is 19.1. The Hall–Kier alpha value is -3.22. The molecule has 0 bridgehead atoms. The average Bonchev–Trinajstić information content (AvgIpc) is 3.10. The molecule has 2 amide bonds. The fourth-order valence-corrected chi connectivity index (χ4v) is 3.69. The van der Waals surface area contributed by atoms with Crippen molar-refractivity contribution >= 4 is 22.8 Å². The molecule has 29 heavy (non-hydrogen) atoms. The van der Waals surface area contributed by atoms with Crippen molar-refractivity contribution in [3.8, 4) is 0 Å². The van der Waals surface area contributed by atoms with E-state index in [2.05, 4.69) is 22.2 Å². The predicted octanol–water partition coefficient (Wildman–Crippen LogP) is 2.62. The number of hydrogen-bond donors (Lipinski definition) is 1. The van der Waals surface area contributed by atoms with Crippen molar-refractivity contribution in [2.24, 2.45) is 5.92 Å². The van der Waals surface area contributed by atoms with Gasteiger partial charge in [0, 0.05) is 31.0 Å². The zero-order valence-electron chi connectivity index (χ0n) is 16.5. The molecule has 4 rings (SSSR count). The van der Waals surface area contributed by atoms with Crippen molar-refractivity contribution in [1.82, 2.24) is 24.8 Å². The number of nitrogens with one attached hydrogen (secondary N) is 1. The molecule has 150 valence electrons. The summed E-state index contributed by atoms with van der Waals surface area (Å²) in [5, 5.41) is 2.90. The Labute approximate surface area is 169 Å². The van der Waals surface area contributed by atoms with Crippen molar-refractivity contribution in [1.29, 1.82) is 0 Å². The third-order valence-corrected chi connectivity index (χ3v) is 5.51. The summed E-state index contributed by atoms with van der Waals surface area (Å²) in [4.78, 5) is 35.8. The number of para-hydroxylation sites is 2. The predicted molar refractivity (Wildman–Crippen MR) is 110 cm³/mol. The molecule has 0 saturated carbocycles. The van der Waals surface area contributed by atoms with Crippen LogP contribution < -0.4 is 5.32 Å². The molecule has 0 unspecified atom stereocenters. The first-order valence-corrected chi connectivity index (χ1v) is 10.0. The van der Waals surface area contributed by atoms with Crippen LogP contribution in [0.25, 0.3) is 11.0 Å². The van der Waals surface area contributed by atoms with E-state index in [9.17, 15) is 9.59 Å². The lowest BCUT2D eigenvalue weighted by Crippen LogP contribution is -2.40. The van der Waals surface area contributed by atoms with Gasteiger partial charge in [-0.1, -0.05) is 19.1 Å². The van der Waals surface area contributed by atoms with Crippen molar-refractivity contribution in [3.63, 3.8) is 0 Å². The quantitative estimate of drug-likeness (QED) is 0.725. The largest absolute Gasteiger partial charge is 0.345 e. The maximum absolute atomic E-state index is 12.9. The second-order valence-electron chi connectivity index (χ2n) is 7.58. The highest BCUT2D eigenvalue weighted by Crippen LogP contribution is 2.19.